The normalized spacial score (nSPS) is 22.6. The lowest BCUT2D eigenvalue weighted by molar-refractivity contribution is -0.140. The van der Waals surface area contributed by atoms with E-state index in [1.54, 1.807) is 0 Å². The van der Waals surface area contributed by atoms with Gasteiger partial charge in [0.1, 0.15) is 16.5 Å². The van der Waals surface area contributed by atoms with Crippen molar-refractivity contribution in [2.24, 2.45) is 4.99 Å². The van der Waals surface area contributed by atoms with Crippen molar-refractivity contribution >= 4 is 22.8 Å². The number of aliphatic carboxylic acids is 1. The molecule has 0 saturated heterocycles. The Bertz CT molecular complexity index is 555. The number of hydrogen-bond donors (Lipinski definition) is 3. The van der Waals surface area contributed by atoms with Crippen LogP contribution in [0.5, 0.6) is 11.5 Å². The van der Waals surface area contributed by atoms with Crippen molar-refractivity contribution in [2.45, 2.75) is 5.54 Å². The summed E-state index contributed by atoms with van der Waals surface area (Å²) in [5, 5.41) is 28.5. The van der Waals surface area contributed by atoms with Crippen LogP contribution in [0.25, 0.3) is 0 Å². The maximum absolute atomic E-state index is 11.2. The first-order valence-electron chi connectivity index (χ1n) is 5.10. The summed E-state index contributed by atoms with van der Waals surface area (Å²) in [5.74, 6) is -1.03. The van der Waals surface area contributed by atoms with Crippen molar-refractivity contribution in [1.82, 2.24) is 0 Å². The molecule has 0 bridgehead atoms. The molecule has 94 valence electrons. The molecule has 2 rings (SSSR count). The molecule has 0 aromatic heterocycles. The second-order valence-electron chi connectivity index (χ2n) is 3.84. The van der Waals surface area contributed by atoms with Crippen LogP contribution in [0.3, 0.4) is 0 Å². The molecule has 5 nitrogen and oxygen atoms in total. The number of carbonyl (C=O) groups is 1. The molecule has 0 radical (unpaired) electrons. The number of phenols is 2. The average molecular weight is 265 g/mol. The number of rotatable bonds is 3. The van der Waals surface area contributed by atoms with Gasteiger partial charge in [-0.2, -0.15) is 0 Å². The highest BCUT2D eigenvalue weighted by Gasteiger charge is 2.40. The zero-order valence-corrected chi connectivity index (χ0v) is 10.1. The Morgan fingerprint density at radius 2 is 2.22 bits per heavy atom. The van der Waals surface area contributed by atoms with E-state index in [0.29, 0.717) is 10.6 Å². The number of phenolic OH excluding ortho intramolecular Hbond substituents is 2. The fraction of sp³-hybridized carbons (Fsp3) is 0.167. The predicted octanol–water partition coefficient (Wildman–Crippen LogP) is 1.60. The van der Waals surface area contributed by atoms with Gasteiger partial charge in [0.05, 0.1) is 0 Å². The van der Waals surface area contributed by atoms with E-state index >= 15 is 0 Å². The second-order valence-corrected chi connectivity index (χ2v) is 4.80. The molecule has 1 aromatic rings. The van der Waals surface area contributed by atoms with Crippen molar-refractivity contribution in [1.29, 1.82) is 0 Å². The van der Waals surface area contributed by atoms with Gasteiger partial charge in [-0.3, -0.25) is 4.99 Å². The van der Waals surface area contributed by atoms with E-state index in [9.17, 15) is 15.0 Å². The zero-order valence-electron chi connectivity index (χ0n) is 9.33. The van der Waals surface area contributed by atoms with E-state index in [0.717, 1.165) is 0 Å². The van der Waals surface area contributed by atoms with Gasteiger partial charge >= 0.3 is 5.97 Å². The fourth-order valence-corrected chi connectivity index (χ4v) is 2.78. The standard InChI is InChI=1S/C12H11NO4S/c1-2-12(11(16)17)6-18-10(13-12)8-4-3-7(14)5-9(8)15/h2-5,14-15H,1,6H2,(H,16,17)/t12-/m1/s1. The maximum atomic E-state index is 11.2. The lowest BCUT2D eigenvalue weighted by Gasteiger charge is -2.13. The molecule has 0 spiro atoms. The number of hydrogen-bond acceptors (Lipinski definition) is 5. The number of aliphatic imine (C=N–C) groups is 1. The number of aromatic hydroxyl groups is 2. The molecule has 1 aromatic carbocycles. The predicted molar refractivity (Wildman–Crippen MR) is 69.3 cm³/mol. The molecule has 0 unspecified atom stereocenters. The molecule has 1 atom stereocenters. The van der Waals surface area contributed by atoms with Gasteiger partial charge in [0.15, 0.2) is 5.54 Å². The summed E-state index contributed by atoms with van der Waals surface area (Å²) in [6, 6.07) is 4.09. The van der Waals surface area contributed by atoms with E-state index in [4.69, 9.17) is 5.11 Å². The molecule has 0 amide bonds. The van der Waals surface area contributed by atoms with Crippen LogP contribution in [0, 0.1) is 0 Å². The SMILES string of the molecule is C=C[C@]1(C(=O)O)CSC(c2ccc(O)cc2O)=N1. The van der Waals surface area contributed by atoms with Crippen LogP contribution in [0.2, 0.25) is 0 Å². The van der Waals surface area contributed by atoms with Crippen LogP contribution in [0.15, 0.2) is 35.8 Å². The third-order valence-corrected chi connectivity index (χ3v) is 3.82. The number of benzene rings is 1. The van der Waals surface area contributed by atoms with Crippen molar-refractivity contribution in [3.8, 4) is 11.5 Å². The summed E-state index contributed by atoms with van der Waals surface area (Å²) >= 11 is 1.23. The molecule has 6 heteroatoms. The van der Waals surface area contributed by atoms with Crippen LogP contribution < -0.4 is 0 Å². The molecule has 0 fully saturated rings. The van der Waals surface area contributed by atoms with Crippen molar-refractivity contribution in [2.75, 3.05) is 5.75 Å². The molecule has 1 heterocycles. The lowest BCUT2D eigenvalue weighted by atomic mass is 10.0. The number of carboxylic acid groups (broad SMARTS) is 1. The zero-order chi connectivity index (χ0) is 13.3. The van der Waals surface area contributed by atoms with Crippen molar-refractivity contribution < 1.29 is 20.1 Å². The van der Waals surface area contributed by atoms with Gasteiger partial charge in [0, 0.05) is 17.4 Å². The molecule has 0 aliphatic carbocycles. The Kier molecular flexibility index (Phi) is 3.04. The minimum absolute atomic E-state index is 0.0620. The second kappa shape index (κ2) is 4.38. The summed E-state index contributed by atoms with van der Waals surface area (Å²) in [6.07, 6.45) is 1.28. The molecule has 18 heavy (non-hydrogen) atoms. The van der Waals surface area contributed by atoms with Crippen LogP contribution in [0.1, 0.15) is 5.56 Å². The van der Waals surface area contributed by atoms with Gasteiger partial charge in [-0.25, -0.2) is 4.79 Å². The van der Waals surface area contributed by atoms with Crippen molar-refractivity contribution in [3.63, 3.8) is 0 Å². The largest absolute Gasteiger partial charge is 0.508 e. The van der Waals surface area contributed by atoms with E-state index in [1.807, 2.05) is 0 Å². The number of carboxylic acids is 1. The quantitative estimate of drug-likeness (QED) is 0.722. The molecular weight excluding hydrogens is 254 g/mol. The van der Waals surface area contributed by atoms with E-state index in [-0.39, 0.29) is 17.3 Å². The molecular formula is C12H11NO4S. The third-order valence-electron chi connectivity index (χ3n) is 2.65. The van der Waals surface area contributed by atoms with Gasteiger partial charge in [0.2, 0.25) is 0 Å². The Morgan fingerprint density at radius 3 is 2.72 bits per heavy atom. The third kappa shape index (κ3) is 1.95. The smallest absolute Gasteiger partial charge is 0.336 e. The summed E-state index contributed by atoms with van der Waals surface area (Å²) in [7, 11) is 0. The molecule has 1 aliphatic rings. The number of thioether (sulfide) groups is 1. The van der Waals surface area contributed by atoms with Gasteiger partial charge in [-0.1, -0.05) is 6.08 Å². The van der Waals surface area contributed by atoms with Gasteiger partial charge in [-0.15, -0.1) is 18.3 Å². The Morgan fingerprint density at radius 1 is 1.50 bits per heavy atom. The van der Waals surface area contributed by atoms with Gasteiger partial charge in [0.25, 0.3) is 0 Å². The Hall–Kier alpha value is -1.95. The first-order chi connectivity index (χ1) is 8.48. The topological polar surface area (TPSA) is 90.1 Å². The monoisotopic (exact) mass is 265 g/mol. The van der Waals surface area contributed by atoms with E-state index < -0.39 is 11.5 Å². The molecule has 1 aliphatic heterocycles. The summed E-state index contributed by atoms with van der Waals surface area (Å²) < 4.78 is 0. The minimum Gasteiger partial charge on any atom is -0.508 e. The summed E-state index contributed by atoms with van der Waals surface area (Å²) in [5.41, 5.74) is -0.938. The first-order valence-corrected chi connectivity index (χ1v) is 6.09. The summed E-state index contributed by atoms with van der Waals surface area (Å²) in [6.45, 7) is 3.50. The maximum Gasteiger partial charge on any atom is 0.336 e. The highest BCUT2D eigenvalue weighted by atomic mass is 32.2. The van der Waals surface area contributed by atoms with Crippen LogP contribution >= 0.6 is 11.8 Å². The van der Waals surface area contributed by atoms with E-state index in [1.165, 1.54) is 36.0 Å². The fourth-order valence-electron chi connectivity index (χ4n) is 1.56. The molecule has 0 saturated carbocycles. The highest BCUT2D eigenvalue weighted by molar-refractivity contribution is 8.14. The van der Waals surface area contributed by atoms with Crippen LogP contribution in [-0.4, -0.2) is 37.6 Å². The Labute approximate surface area is 107 Å². The van der Waals surface area contributed by atoms with E-state index in [2.05, 4.69) is 11.6 Å². The first kappa shape index (κ1) is 12.5. The van der Waals surface area contributed by atoms with Crippen molar-refractivity contribution in [3.05, 3.63) is 36.4 Å². The van der Waals surface area contributed by atoms with Crippen LogP contribution in [0.4, 0.5) is 0 Å². The minimum atomic E-state index is -1.34. The lowest BCUT2D eigenvalue weighted by Crippen LogP contribution is -2.34. The van der Waals surface area contributed by atoms with Crippen LogP contribution in [-0.2, 0) is 4.79 Å². The van der Waals surface area contributed by atoms with Gasteiger partial charge < -0.3 is 15.3 Å². The summed E-state index contributed by atoms with van der Waals surface area (Å²) in [4.78, 5) is 15.3. The number of nitrogens with zero attached hydrogens (tertiary/aromatic N) is 1. The average Bonchev–Trinajstić information content (AvgIpc) is 2.74. The molecule has 3 N–H and O–H groups in total. The Balaban J connectivity index is 2.44. The van der Waals surface area contributed by atoms with Gasteiger partial charge in [-0.05, 0) is 12.1 Å². The highest BCUT2D eigenvalue weighted by Crippen LogP contribution is 2.35.